The Kier molecular flexibility index (Phi) is 5.22. The summed E-state index contributed by atoms with van der Waals surface area (Å²) in [6.45, 7) is 0.577. The number of nitrogens with one attached hydrogen (secondary N) is 1. The third-order valence-corrected chi connectivity index (χ3v) is 4.83. The van der Waals surface area contributed by atoms with Crippen molar-refractivity contribution >= 4 is 18.3 Å². The molecule has 0 heterocycles. The fourth-order valence-corrected chi connectivity index (χ4v) is 3.70. The minimum Gasteiger partial charge on any atom is -0.349 e. The summed E-state index contributed by atoms with van der Waals surface area (Å²) >= 11 is 0. The SMILES string of the molecule is Cl.NC[C@H]1CCC[C@H]1C(=O)NC1CCc2c(F)cccc21. The normalized spacial score (nSPS) is 27.0. The first-order valence-electron chi connectivity index (χ1n) is 7.48. The topological polar surface area (TPSA) is 55.1 Å². The van der Waals surface area contributed by atoms with Gasteiger partial charge in [0, 0.05) is 5.92 Å². The number of rotatable bonds is 3. The van der Waals surface area contributed by atoms with E-state index >= 15 is 0 Å². The molecule has 116 valence electrons. The van der Waals surface area contributed by atoms with Gasteiger partial charge in [0.25, 0.3) is 0 Å². The maximum atomic E-state index is 13.7. The molecule has 0 radical (unpaired) electrons. The van der Waals surface area contributed by atoms with Gasteiger partial charge in [0.2, 0.25) is 5.91 Å². The lowest BCUT2D eigenvalue weighted by Crippen LogP contribution is -2.36. The molecule has 1 aromatic rings. The highest BCUT2D eigenvalue weighted by atomic mass is 35.5. The van der Waals surface area contributed by atoms with E-state index < -0.39 is 0 Å². The van der Waals surface area contributed by atoms with Gasteiger partial charge in [0.1, 0.15) is 5.82 Å². The molecule has 21 heavy (non-hydrogen) atoms. The lowest BCUT2D eigenvalue weighted by molar-refractivity contribution is -0.126. The quantitative estimate of drug-likeness (QED) is 0.901. The van der Waals surface area contributed by atoms with Gasteiger partial charge in [0.15, 0.2) is 0 Å². The van der Waals surface area contributed by atoms with E-state index in [-0.39, 0.29) is 36.1 Å². The Morgan fingerprint density at radius 2 is 2.14 bits per heavy atom. The van der Waals surface area contributed by atoms with Crippen LogP contribution in [0.1, 0.15) is 42.9 Å². The minimum atomic E-state index is -0.153. The van der Waals surface area contributed by atoms with Crippen molar-refractivity contribution in [2.24, 2.45) is 17.6 Å². The molecule has 0 bridgehead atoms. The van der Waals surface area contributed by atoms with Crippen molar-refractivity contribution in [1.29, 1.82) is 0 Å². The molecule has 0 spiro atoms. The Bertz CT molecular complexity index is 523. The molecular weight excluding hydrogens is 291 g/mol. The van der Waals surface area contributed by atoms with Crippen molar-refractivity contribution in [2.45, 2.75) is 38.1 Å². The summed E-state index contributed by atoms with van der Waals surface area (Å²) < 4.78 is 13.7. The molecule has 1 amide bonds. The fourth-order valence-electron chi connectivity index (χ4n) is 3.70. The molecule has 0 aliphatic heterocycles. The third kappa shape index (κ3) is 3.06. The molecular formula is C16H22ClFN2O. The molecule has 3 N–H and O–H groups in total. The molecule has 1 unspecified atom stereocenters. The fraction of sp³-hybridized carbons (Fsp3) is 0.562. The van der Waals surface area contributed by atoms with Crippen LogP contribution in [0.5, 0.6) is 0 Å². The summed E-state index contributed by atoms with van der Waals surface area (Å²) in [6, 6.07) is 5.10. The highest BCUT2D eigenvalue weighted by Crippen LogP contribution is 2.35. The molecule has 1 fully saturated rings. The molecule has 5 heteroatoms. The zero-order valence-corrected chi connectivity index (χ0v) is 12.8. The van der Waals surface area contributed by atoms with E-state index in [0.717, 1.165) is 36.8 Å². The van der Waals surface area contributed by atoms with Crippen LogP contribution in [0.4, 0.5) is 4.39 Å². The number of amides is 1. The van der Waals surface area contributed by atoms with Crippen molar-refractivity contribution in [2.75, 3.05) is 6.54 Å². The predicted molar refractivity (Wildman–Crippen MR) is 82.7 cm³/mol. The van der Waals surface area contributed by atoms with Gasteiger partial charge in [-0.05, 0) is 55.3 Å². The second-order valence-corrected chi connectivity index (χ2v) is 5.94. The van der Waals surface area contributed by atoms with E-state index in [0.29, 0.717) is 18.9 Å². The summed E-state index contributed by atoms with van der Waals surface area (Å²) in [5, 5.41) is 3.11. The Balaban J connectivity index is 0.00000161. The number of carbonyl (C=O) groups is 1. The van der Waals surface area contributed by atoms with Crippen molar-refractivity contribution in [1.82, 2.24) is 5.32 Å². The molecule has 3 rings (SSSR count). The molecule has 2 aliphatic carbocycles. The zero-order valence-electron chi connectivity index (χ0n) is 12.0. The first kappa shape index (κ1) is 16.2. The molecule has 3 nitrogen and oxygen atoms in total. The maximum absolute atomic E-state index is 13.7. The zero-order chi connectivity index (χ0) is 14.1. The number of hydrogen-bond acceptors (Lipinski definition) is 2. The van der Waals surface area contributed by atoms with E-state index in [4.69, 9.17) is 5.73 Å². The summed E-state index contributed by atoms with van der Waals surface area (Å²) in [4.78, 5) is 12.4. The average molecular weight is 313 g/mol. The smallest absolute Gasteiger partial charge is 0.223 e. The van der Waals surface area contributed by atoms with E-state index in [2.05, 4.69) is 5.32 Å². The second-order valence-electron chi connectivity index (χ2n) is 5.94. The van der Waals surface area contributed by atoms with Crippen molar-refractivity contribution in [3.8, 4) is 0 Å². The Morgan fingerprint density at radius 3 is 2.90 bits per heavy atom. The molecule has 0 aromatic heterocycles. The van der Waals surface area contributed by atoms with Gasteiger partial charge in [-0.25, -0.2) is 4.39 Å². The van der Waals surface area contributed by atoms with E-state index in [1.165, 1.54) is 6.07 Å². The molecule has 1 aromatic carbocycles. The molecule has 0 saturated heterocycles. The molecule has 1 saturated carbocycles. The summed E-state index contributed by atoms with van der Waals surface area (Å²) in [5.74, 6) is 0.293. The van der Waals surface area contributed by atoms with Crippen LogP contribution < -0.4 is 11.1 Å². The minimum absolute atomic E-state index is 0. The van der Waals surface area contributed by atoms with Crippen LogP contribution in [0.2, 0.25) is 0 Å². The largest absolute Gasteiger partial charge is 0.349 e. The number of benzene rings is 1. The van der Waals surface area contributed by atoms with Crippen molar-refractivity contribution in [3.05, 3.63) is 35.1 Å². The van der Waals surface area contributed by atoms with E-state index in [9.17, 15) is 9.18 Å². The summed E-state index contributed by atoms with van der Waals surface area (Å²) in [5.41, 5.74) is 7.45. The van der Waals surface area contributed by atoms with Gasteiger partial charge in [-0.3, -0.25) is 4.79 Å². The van der Waals surface area contributed by atoms with Gasteiger partial charge in [-0.1, -0.05) is 18.6 Å². The summed E-state index contributed by atoms with van der Waals surface area (Å²) in [6.07, 6.45) is 4.55. The maximum Gasteiger partial charge on any atom is 0.223 e. The third-order valence-electron chi connectivity index (χ3n) is 4.83. The van der Waals surface area contributed by atoms with E-state index in [1.54, 1.807) is 6.07 Å². The number of nitrogens with two attached hydrogens (primary N) is 1. The van der Waals surface area contributed by atoms with Crippen LogP contribution in [-0.2, 0) is 11.2 Å². The van der Waals surface area contributed by atoms with Gasteiger partial charge in [-0.2, -0.15) is 0 Å². The lowest BCUT2D eigenvalue weighted by Gasteiger charge is -2.21. The van der Waals surface area contributed by atoms with Crippen LogP contribution in [0, 0.1) is 17.7 Å². The molecule has 3 atom stereocenters. The Hall–Kier alpha value is -1.13. The number of carbonyl (C=O) groups excluding carboxylic acids is 1. The van der Waals surface area contributed by atoms with Crippen LogP contribution in [0.15, 0.2) is 18.2 Å². The lowest BCUT2D eigenvalue weighted by atomic mass is 9.94. The molecule has 2 aliphatic rings. The highest BCUT2D eigenvalue weighted by molar-refractivity contribution is 5.85. The number of halogens is 2. The Labute approximate surface area is 130 Å². The monoisotopic (exact) mass is 312 g/mol. The predicted octanol–water partition coefficient (Wildman–Crippen LogP) is 2.73. The standard InChI is InChI=1S/C16H21FN2O.ClH/c17-14-6-2-5-13-12(14)7-8-15(13)19-16(20)11-4-1-3-10(11)9-18;/h2,5-6,10-11,15H,1,3-4,7-9,18H2,(H,19,20);1H/t10-,11-,15?;/m1./s1. The van der Waals surface area contributed by atoms with Crippen molar-refractivity contribution in [3.63, 3.8) is 0 Å². The van der Waals surface area contributed by atoms with Crippen LogP contribution >= 0.6 is 12.4 Å². The first-order valence-corrected chi connectivity index (χ1v) is 7.48. The van der Waals surface area contributed by atoms with E-state index in [1.807, 2.05) is 6.07 Å². The van der Waals surface area contributed by atoms with Gasteiger partial charge >= 0.3 is 0 Å². The summed E-state index contributed by atoms with van der Waals surface area (Å²) in [7, 11) is 0. The van der Waals surface area contributed by atoms with Crippen LogP contribution in [0.3, 0.4) is 0 Å². The number of fused-ring (bicyclic) bond motifs is 1. The van der Waals surface area contributed by atoms with Crippen molar-refractivity contribution < 1.29 is 9.18 Å². The van der Waals surface area contributed by atoms with Gasteiger partial charge in [0.05, 0.1) is 6.04 Å². The Morgan fingerprint density at radius 1 is 1.33 bits per heavy atom. The second kappa shape index (κ2) is 6.75. The van der Waals surface area contributed by atoms with Crippen LogP contribution in [0.25, 0.3) is 0 Å². The highest BCUT2D eigenvalue weighted by Gasteiger charge is 2.34. The van der Waals surface area contributed by atoms with Gasteiger partial charge in [-0.15, -0.1) is 12.4 Å². The first-order chi connectivity index (χ1) is 9.70. The van der Waals surface area contributed by atoms with Crippen LogP contribution in [-0.4, -0.2) is 12.5 Å². The van der Waals surface area contributed by atoms with Gasteiger partial charge < -0.3 is 11.1 Å². The number of hydrogen-bond donors (Lipinski definition) is 2. The average Bonchev–Trinajstić information content (AvgIpc) is 3.06.